The van der Waals surface area contributed by atoms with E-state index in [-0.39, 0.29) is 5.97 Å². The van der Waals surface area contributed by atoms with E-state index in [1.54, 1.807) is 0 Å². The third-order valence-electron chi connectivity index (χ3n) is 2.39. The monoisotopic (exact) mass is 191 g/mol. The van der Waals surface area contributed by atoms with E-state index < -0.39 is 0 Å². The van der Waals surface area contributed by atoms with E-state index in [9.17, 15) is 4.79 Å². The van der Waals surface area contributed by atoms with Gasteiger partial charge in [0.25, 0.3) is 0 Å². The number of benzene rings is 1. The van der Waals surface area contributed by atoms with Gasteiger partial charge in [-0.05, 0) is 24.1 Å². The van der Waals surface area contributed by atoms with E-state index in [0.717, 1.165) is 18.7 Å². The number of hydrogen-bond acceptors (Lipinski definition) is 3. The van der Waals surface area contributed by atoms with Gasteiger partial charge in [0, 0.05) is 13.1 Å². The first-order valence-corrected chi connectivity index (χ1v) is 4.81. The molecule has 0 radical (unpaired) electrons. The molecule has 0 fully saturated rings. The Morgan fingerprint density at radius 2 is 2.36 bits per heavy atom. The van der Waals surface area contributed by atoms with Gasteiger partial charge in [0.1, 0.15) is 0 Å². The number of nitrogens with one attached hydrogen (secondary N) is 1. The van der Waals surface area contributed by atoms with Crippen LogP contribution in [0, 0.1) is 0 Å². The van der Waals surface area contributed by atoms with Crippen LogP contribution in [0.15, 0.2) is 18.2 Å². The summed E-state index contributed by atoms with van der Waals surface area (Å²) in [5.74, 6) is -0.215. The van der Waals surface area contributed by atoms with Gasteiger partial charge in [0.2, 0.25) is 0 Å². The summed E-state index contributed by atoms with van der Waals surface area (Å²) in [6, 6.07) is 5.76. The molecular formula is C11H13NO2. The maximum Gasteiger partial charge on any atom is 0.338 e. The maximum absolute atomic E-state index is 11.6. The van der Waals surface area contributed by atoms with Crippen molar-refractivity contribution in [3.63, 3.8) is 0 Å². The zero-order valence-corrected chi connectivity index (χ0v) is 8.17. The lowest BCUT2D eigenvalue weighted by Crippen LogP contribution is -2.08. The van der Waals surface area contributed by atoms with Crippen molar-refractivity contribution in [3.05, 3.63) is 34.9 Å². The second kappa shape index (κ2) is 3.80. The van der Waals surface area contributed by atoms with Gasteiger partial charge < -0.3 is 10.1 Å². The topological polar surface area (TPSA) is 38.3 Å². The molecule has 0 saturated carbocycles. The zero-order chi connectivity index (χ0) is 9.97. The van der Waals surface area contributed by atoms with E-state index in [2.05, 4.69) is 5.32 Å². The first-order chi connectivity index (χ1) is 6.83. The van der Waals surface area contributed by atoms with Crippen molar-refractivity contribution in [2.45, 2.75) is 20.0 Å². The van der Waals surface area contributed by atoms with E-state index >= 15 is 0 Å². The highest BCUT2D eigenvalue weighted by atomic mass is 16.5. The Morgan fingerprint density at radius 3 is 3.14 bits per heavy atom. The van der Waals surface area contributed by atoms with Crippen molar-refractivity contribution in [2.75, 3.05) is 6.61 Å². The van der Waals surface area contributed by atoms with Gasteiger partial charge in [-0.3, -0.25) is 0 Å². The third-order valence-corrected chi connectivity index (χ3v) is 2.39. The Labute approximate surface area is 83.1 Å². The minimum Gasteiger partial charge on any atom is -0.462 e. The predicted molar refractivity (Wildman–Crippen MR) is 52.9 cm³/mol. The van der Waals surface area contributed by atoms with Gasteiger partial charge in [0.05, 0.1) is 12.2 Å². The molecule has 0 amide bonds. The summed E-state index contributed by atoms with van der Waals surface area (Å²) in [4.78, 5) is 11.6. The summed E-state index contributed by atoms with van der Waals surface area (Å²) in [6.45, 7) is 3.86. The minimum atomic E-state index is -0.215. The number of carbonyl (C=O) groups is 1. The molecule has 3 heteroatoms. The summed E-state index contributed by atoms with van der Waals surface area (Å²) >= 11 is 0. The summed E-state index contributed by atoms with van der Waals surface area (Å²) in [5.41, 5.74) is 3.00. The lowest BCUT2D eigenvalue weighted by Gasteiger charge is -2.06. The molecule has 74 valence electrons. The molecule has 0 bridgehead atoms. The average Bonchev–Trinajstić information content (AvgIpc) is 2.65. The molecule has 0 unspecified atom stereocenters. The van der Waals surface area contributed by atoms with E-state index in [4.69, 9.17) is 4.74 Å². The van der Waals surface area contributed by atoms with Crippen molar-refractivity contribution in [2.24, 2.45) is 0 Å². The Bertz CT molecular complexity index is 360. The van der Waals surface area contributed by atoms with E-state index in [1.165, 1.54) is 5.56 Å². The molecule has 2 rings (SSSR count). The molecule has 0 aliphatic carbocycles. The fourth-order valence-corrected chi connectivity index (χ4v) is 1.73. The molecule has 1 aliphatic rings. The molecule has 3 nitrogen and oxygen atoms in total. The van der Waals surface area contributed by atoms with Crippen LogP contribution in [0.3, 0.4) is 0 Å². The van der Waals surface area contributed by atoms with Crippen LogP contribution < -0.4 is 5.32 Å². The summed E-state index contributed by atoms with van der Waals surface area (Å²) in [6.07, 6.45) is 0. The van der Waals surface area contributed by atoms with Crippen molar-refractivity contribution in [3.8, 4) is 0 Å². The smallest absolute Gasteiger partial charge is 0.338 e. The molecule has 0 saturated heterocycles. The maximum atomic E-state index is 11.6. The lowest BCUT2D eigenvalue weighted by atomic mass is 10.0. The Kier molecular flexibility index (Phi) is 2.50. The predicted octanol–water partition coefficient (Wildman–Crippen LogP) is 1.47. The van der Waals surface area contributed by atoms with Crippen LogP contribution >= 0.6 is 0 Å². The molecule has 1 aromatic carbocycles. The van der Waals surface area contributed by atoms with Gasteiger partial charge in [-0.15, -0.1) is 0 Å². The van der Waals surface area contributed by atoms with Crippen LogP contribution in [0.1, 0.15) is 28.4 Å². The van der Waals surface area contributed by atoms with E-state index in [1.807, 2.05) is 25.1 Å². The number of carbonyl (C=O) groups excluding carboxylic acids is 1. The van der Waals surface area contributed by atoms with Crippen molar-refractivity contribution >= 4 is 5.97 Å². The van der Waals surface area contributed by atoms with Crippen molar-refractivity contribution < 1.29 is 9.53 Å². The molecule has 0 atom stereocenters. The minimum absolute atomic E-state index is 0.215. The number of fused-ring (bicyclic) bond motifs is 1. The molecule has 0 spiro atoms. The fourth-order valence-electron chi connectivity index (χ4n) is 1.73. The second-order valence-corrected chi connectivity index (χ2v) is 3.27. The molecule has 1 N–H and O–H groups in total. The van der Waals surface area contributed by atoms with Crippen LogP contribution in [0.5, 0.6) is 0 Å². The van der Waals surface area contributed by atoms with Crippen LogP contribution in [0.25, 0.3) is 0 Å². The van der Waals surface area contributed by atoms with Gasteiger partial charge in [-0.25, -0.2) is 4.79 Å². The molecule has 14 heavy (non-hydrogen) atoms. The molecule has 0 aromatic heterocycles. The Hall–Kier alpha value is -1.35. The first-order valence-electron chi connectivity index (χ1n) is 4.81. The Balaban J connectivity index is 2.34. The number of rotatable bonds is 2. The van der Waals surface area contributed by atoms with Gasteiger partial charge in [0.15, 0.2) is 0 Å². The number of esters is 1. The highest BCUT2D eigenvalue weighted by Gasteiger charge is 2.18. The van der Waals surface area contributed by atoms with Crippen LogP contribution in [0.2, 0.25) is 0 Å². The molecule has 1 aromatic rings. The van der Waals surface area contributed by atoms with Crippen LogP contribution in [-0.2, 0) is 17.8 Å². The largest absolute Gasteiger partial charge is 0.462 e. The number of ether oxygens (including phenoxy) is 1. The standard InChI is InChI=1S/C11H13NO2/c1-2-14-11(13)9-5-3-4-8-6-12-7-10(8)9/h3-5,12H,2,6-7H2,1H3. The van der Waals surface area contributed by atoms with E-state index in [0.29, 0.717) is 12.2 Å². The van der Waals surface area contributed by atoms with Gasteiger partial charge in [-0.2, -0.15) is 0 Å². The normalized spacial score (nSPS) is 13.8. The molecular weight excluding hydrogens is 178 g/mol. The van der Waals surface area contributed by atoms with Crippen LogP contribution in [0.4, 0.5) is 0 Å². The van der Waals surface area contributed by atoms with Crippen LogP contribution in [-0.4, -0.2) is 12.6 Å². The summed E-state index contributed by atoms with van der Waals surface area (Å²) in [7, 11) is 0. The second-order valence-electron chi connectivity index (χ2n) is 3.27. The zero-order valence-electron chi connectivity index (χ0n) is 8.17. The SMILES string of the molecule is CCOC(=O)c1cccc2c1CNC2. The quantitative estimate of drug-likeness (QED) is 0.719. The third kappa shape index (κ3) is 1.51. The Morgan fingerprint density at radius 1 is 1.50 bits per heavy atom. The van der Waals surface area contributed by atoms with Gasteiger partial charge in [-0.1, -0.05) is 12.1 Å². The highest BCUT2D eigenvalue weighted by molar-refractivity contribution is 5.91. The van der Waals surface area contributed by atoms with Gasteiger partial charge >= 0.3 is 5.97 Å². The number of hydrogen-bond donors (Lipinski definition) is 1. The van der Waals surface area contributed by atoms with Crippen molar-refractivity contribution in [1.82, 2.24) is 5.32 Å². The summed E-state index contributed by atoms with van der Waals surface area (Å²) in [5, 5.41) is 3.22. The average molecular weight is 191 g/mol. The van der Waals surface area contributed by atoms with Crippen molar-refractivity contribution in [1.29, 1.82) is 0 Å². The molecule has 1 aliphatic heterocycles. The molecule has 1 heterocycles. The fraction of sp³-hybridized carbons (Fsp3) is 0.364. The summed E-state index contributed by atoms with van der Waals surface area (Å²) < 4.78 is 4.99. The first kappa shape index (κ1) is 9.21. The highest BCUT2D eigenvalue weighted by Crippen LogP contribution is 2.20. The lowest BCUT2D eigenvalue weighted by molar-refractivity contribution is 0.0525.